The molecule has 0 bridgehead atoms. The van der Waals surface area contributed by atoms with Crippen LogP contribution in [0.25, 0.3) is 0 Å². The molecular weight excluding hydrogens is 212 g/mol. The highest BCUT2D eigenvalue weighted by molar-refractivity contribution is 6.20. The lowest BCUT2D eigenvalue weighted by atomic mass is 9.89. The van der Waals surface area contributed by atoms with E-state index in [1.165, 1.54) is 6.42 Å². The zero-order chi connectivity index (χ0) is 11.1. The van der Waals surface area contributed by atoms with E-state index in [-0.39, 0.29) is 11.9 Å². The van der Waals surface area contributed by atoms with Gasteiger partial charge in [-0.3, -0.25) is 4.79 Å². The molecule has 0 aliphatic heterocycles. The first-order chi connectivity index (χ1) is 7.24. The highest BCUT2D eigenvalue weighted by Crippen LogP contribution is 2.25. The SMILES string of the molecule is CCCCC(Cl)OC(=O)C1CCCCC1. The molecule has 1 rings (SSSR count). The number of hydrogen-bond donors (Lipinski definition) is 0. The van der Waals surface area contributed by atoms with Gasteiger partial charge < -0.3 is 4.74 Å². The topological polar surface area (TPSA) is 26.3 Å². The zero-order valence-electron chi connectivity index (χ0n) is 9.51. The van der Waals surface area contributed by atoms with Crippen LogP contribution in [-0.4, -0.2) is 11.5 Å². The molecule has 0 aromatic carbocycles. The van der Waals surface area contributed by atoms with Crippen LogP contribution >= 0.6 is 11.6 Å². The molecule has 1 saturated carbocycles. The van der Waals surface area contributed by atoms with Crippen molar-refractivity contribution in [3.8, 4) is 0 Å². The Morgan fingerprint density at radius 2 is 2.07 bits per heavy atom. The molecule has 1 unspecified atom stereocenters. The third-order valence-electron chi connectivity index (χ3n) is 2.97. The maximum atomic E-state index is 11.7. The van der Waals surface area contributed by atoms with Gasteiger partial charge in [0, 0.05) is 0 Å². The van der Waals surface area contributed by atoms with Crippen LogP contribution in [0, 0.1) is 5.92 Å². The van der Waals surface area contributed by atoms with Crippen LogP contribution < -0.4 is 0 Å². The second kappa shape index (κ2) is 7.10. The Labute approximate surface area is 97.3 Å². The number of rotatable bonds is 5. The largest absolute Gasteiger partial charge is 0.446 e. The summed E-state index contributed by atoms with van der Waals surface area (Å²) in [5.41, 5.74) is -0.417. The van der Waals surface area contributed by atoms with Crippen molar-refractivity contribution in [1.29, 1.82) is 0 Å². The van der Waals surface area contributed by atoms with Crippen molar-refractivity contribution in [3.05, 3.63) is 0 Å². The molecule has 15 heavy (non-hydrogen) atoms. The minimum Gasteiger partial charge on any atom is -0.446 e. The van der Waals surface area contributed by atoms with Crippen molar-refractivity contribution < 1.29 is 9.53 Å². The minimum absolute atomic E-state index is 0.0780. The fourth-order valence-corrected chi connectivity index (χ4v) is 2.23. The van der Waals surface area contributed by atoms with E-state index in [0.717, 1.165) is 44.9 Å². The zero-order valence-corrected chi connectivity index (χ0v) is 10.3. The van der Waals surface area contributed by atoms with E-state index < -0.39 is 5.56 Å². The summed E-state index contributed by atoms with van der Waals surface area (Å²) < 4.78 is 5.22. The van der Waals surface area contributed by atoms with Crippen LogP contribution in [-0.2, 0) is 9.53 Å². The molecule has 0 amide bonds. The van der Waals surface area contributed by atoms with Crippen molar-refractivity contribution in [2.45, 2.75) is 63.9 Å². The summed E-state index contributed by atoms with van der Waals surface area (Å²) in [5.74, 6) is 0.0347. The Hall–Kier alpha value is -0.240. The summed E-state index contributed by atoms with van der Waals surface area (Å²) in [6, 6.07) is 0. The van der Waals surface area contributed by atoms with Gasteiger partial charge in [-0.25, -0.2) is 0 Å². The van der Waals surface area contributed by atoms with Gasteiger partial charge in [0.2, 0.25) is 0 Å². The summed E-state index contributed by atoms with van der Waals surface area (Å²) in [6.07, 6.45) is 8.41. The molecule has 0 spiro atoms. The fraction of sp³-hybridized carbons (Fsp3) is 0.917. The lowest BCUT2D eigenvalue weighted by Gasteiger charge is -2.21. The number of esters is 1. The van der Waals surface area contributed by atoms with Crippen molar-refractivity contribution in [1.82, 2.24) is 0 Å². The van der Waals surface area contributed by atoms with Crippen molar-refractivity contribution >= 4 is 17.6 Å². The summed E-state index contributed by atoms with van der Waals surface area (Å²) >= 11 is 5.93. The van der Waals surface area contributed by atoms with Gasteiger partial charge in [0.1, 0.15) is 0 Å². The van der Waals surface area contributed by atoms with Crippen molar-refractivity contribution in [2.75, 3.05) is 0 Å². The Morgan fingerprint density at radius 3 is 2.67 bits per heavy atom. The number of halogens is 1. The van der Waals surface area contributed by atoms with E-state index in [9.17, 15) is 4.79 Å². The van der Waals surface area contributed by atoms with Gasteiger partial charge >= 0.3 is 5.97 Å². The average Bonchev–Trinajstić information content (AvgIpc) is 2.27. The van der Waals surface area contributed by atoms with E-state index in [1.807, 2.05) is 0 Å². The minimum atomic E-state index is -0.417. The predicted molar refractivity (Wildman–Crippen MR) is 61.8 cm³/mol. The lowest BCUT2D eigenvalue weighted by Crippen LogP contribution is -2.23. The quantitative estimate of drug-likeness (QED) is 0.532. The Balaban J connectivity index is 2.21. The van der Waals surface area contributed by atoms with Gasteiger partial charge in [0.15, 0.2) is 5.56 Å². The third kappa shape index (κ3) is 4.87. The number of carbonyl (C=O) groups excluding carboxylic acids is 1. The van der Waals surface area contributed by atoms with Crippen LogP contribution in [0.3, 0.4) is 0 Å². The number of hydrogen-bond acceptors (Lipinski definition) is 2. The fourth-order valence-electron chi connectivity index (χ4n) is 1.98. The molecule has 1 aliphatic rings. The third-order valence-corrected chi connectivity index (χ3v) is 3.27. The molecule has 0 aromatic rings. The molecule has 88 valence electrons. The highest BCUT2D eigenvalue weighted by Gasteiger charge is 2.24. The van der Waals surface area contributed by atoms with E-state index >= 15 is 0 Å². The maximum Gasteiger partial charge on any atom is 0.310 e. The molecule has 0 aromatic heterocycles. The van der Waals surface area contributed by atoms with Crippen LogP contribution in [0.4, 0.5) is 0 Å². The summed E-state index contributed by atoms with van der Waals surface area (Å²) in [5, 5.41) is 0. The molecule has 3 heteroatoms. The van der Waals surface area contributed by atoms with Gasteiger partial charge in [-0.15, -0.1) is 0 Å². The highest BCUT2D eigenvalue weighted by atomic mass is 35.5. The number of alkyl halides is 1. The molecule has 1 atom stereocenters. The summed E-state index contributed by atoms with van der Waals surface area (Å²) in [7, 11) is 0. The van der Waals surface area contributed by atoms with Gasteiger partial charge in [-0.2, -0.15) is 0 Å². The van der Waals surface area contributed by atoms with Crippen LogP contribution in [0.5, 0.6) is 0 Å². The number of ether oxygens (including phenoxy) is 1. The number of unbranched alkanes of at least 4 members (excludes halogenated alkanes) is 1. The van der Waals surface area contributed by atoms with E-state index in [2.05, 4.69) is 6.92 Å². The average molecular weight is 233 g/mol. The normalized spacial score (nSPS) is 19.9. The first-order valence-corrected chi connectivity index (χ1v) is 6.52. The molecule has 2 nitrogen and oxygen atoms in total. The molecule has 0 radical (unpaired) electrons. The second-order valence-electron chi connectivity index (χ2n) is 4.32. The molecule has 0 N–H and O–H groups in total. The van der Waals surface area contributed by atoms with Crippen molar-refractivity contribution in [2.24, 2.45) is 5.92 Å². The van der Waals surface area contributed by atoms with Crippen LogP contribution in [0.2, 0.25) is 0 Å². The first-order valence-electron chi connectivity index (χ1n) is 6.08. The molecular formula is C12H21ClO2. The Morgan fingerprint density at radius 1 is 1.40 bits per heavy atom. The van der Waals surface area contributed by atoms with E-state index in [4.69, 9.17) is 16.3 Å². The van der Waals surface area contributed by atoms with Crippen molar-refractivity contribution in [3.63, 3.8) is 0 Å². The standard InChI is InChI=1S/C12H21ClO2/c1-2-3-9-11(13)15-12(14)10-7-5-4-6-8-10/h10-11H,2-9H2,1H3. The smallest absolute Gasteiger partial charge is 0.310 e. The molecule has 1 fully saturated rings. The lowest BCUT2D eigenvalue weighted by molar-refractivity contribution is -0.151. The van der Waals surface area contributed by atoms with Gasteiger partial charge in [0.25, 0.3) is 0 Å². The van der Waals surface area contributed by atoms with E-state index in [0.29, 0.717) is 0 Å². The molecule has 0 heterocycles. The second-order valence-corrected chi connectivity index (χ2v) is 4.81. The van der Waals surface area contributed by atoms with Gasteiger partial charge in [0.05, 0.1) is 5.92 Å². The summed E-state index contributed by atoms with van der Waals surface area (Å²) in [6.45, 7) is 2.10. The van der Waals surface area contributed by atoms with E-state index in [1.54, 1.807) is 0 Å². The van der Waals surface area contributed by atoms with Crippen LogP contribution in [0.15, 0.2) is 0 Å². The molecule has 1 aliphatic carbocycles. The van der Waals surface area contributed by atoms with Gasteiger partial charge in [-0.05, 0) is 25.7 Å². The Bertz CT molecular complexity index is 188. The maximum absolute atomic E-state index is 11.7. The Kier molecular flexibility index (Phi) is 6.07. The van der Waals surface area contributed by atoms with Gasteiger partial charge in [-0.1, -0.05) is 44.2 Å². The monoisotopic (exact) mass is 232 g/mol. The summed E-state index contributed by atoms with van der Waals surface area (Å²) in [4.78, 5) is 11.7. The van der Waals surface area contributed by atoms with Crippen LogP contribution in [0.1, 0.15) is 58.3 Å². The number of carbonyl (C=O) groups is 1. The predicted octanol–water partition coefficient (Wildman–Crippen LogP) is 3.87. The first kappa shape index (κ1) is 12.8. The molecule has 0 saturated heterocycles.